The van der Waals surface area contributed by atoms with Crippen LogP contribution in [0.3, 0.4) is 0 Å². The molecule has 0 atom stereocenters. The smallest absolute Gasteiger partial charge is 0.249 e. The van der Waals surface area contributed by atoms with E-state index in [0.29, 0.717) is 17.9 Å². The second-order valence-corrected chi connectivity index (χ2v) is 6.90. The van der Waals surface area contributed by atoms with Crippen LogP contribution >= 0.6 is 0 Å². The molecular weight excluding hydrogens is 298 g/mol. The largest absolute Gasteiger partial charge is 0.366 e. The molecule has 3 rings (SSSR count). The maximum absolute atomic E-state index is 4.55. The molecular formula is C19H27N5. The van der Waals surface area contributed by atoms with Crippen LogP contribution in [0.1, 0.15) is 63.9 Å². The summed E-state index contributed by atoms with van der Waals surface area (Å²) in [5.41, 5.74) is 2.30. The summed E-state index contributed by atoms with van der Waals surface area (Å²) in [5.74, 6) is 1.87. The molecule has 0 saturated heterocycles. The second kappa shape index (κ2) is 8.08. The van der Waals surface area contributed by atoms with Crippen molar-refractivity contribution >= 4 is 17.5 Å². The Morgan fingerprint density at radius 2 is 1.71 bits per heavy atom. The normalized spacial score (nSPS) is 16.0. The summed E-state index contributed by atoms with van der Waals surface area (Å²) in [7, 11) is 0. The van der Waals surface area contributed by atoms with Crippen molar-refractivity contribution in [2.24, 2.45) is 0 Å². The zero-order chi connectivity index (χ0) is 16.8. The third-order valence-corrected chi connectivity index (χ3v) is 4.60. The molecule has 1 aliphatic carbocycles. The van der Waals surface area contributed by atoms with Crippen molar-refractivity contribution in [3.8, 4) is 0 Å². The van der Waals surface area contributed by atoms with Crippen LogP contribution in [-0.4, -0.2) is 21.2 Å². The van der Waals surface area contributed by atoms with Gasteiger partial charge in [-0.3, -0.25) is 0 Å². The minimum atomic E-state index is 0.502. The van der Waals surface area contributed by atoms with Gasteiger partial charge in [-0.2, -0.15) is 10.1 Å². The van der Waals surface area contributed by atoms with Crippen LogP contribution in [0.25, 0.3) is 0 Å². The Morgan fingerprint density at radius 1 is 1.00 bits per heavy atom. The van der Waals surface area contributed by atoms with E-state index in [1.165, 1.54) is 44.1 Å². The van der Waals surface area contributed by atoms with Gasteiger partial charge < -0.3 is 10.6 Å². The summed E-state index contributed by atoms with van der Waals surface area (Å²) < 4.78 is 0. The van der Waals surface area contributed by atoms with Gasteiger partial charge >= 0.3 is 0 Å². The minimum absolute atomic E-state index is 0.502. The first kappa shape index (κ1) is 16.7. The first-order chi connectivity index (χ1) is 11.7. The number of anilines is 3. The lowest BCUT2D eigenvalue weighted by molar-refractivity contribution is 0.617. The topological polar surface area (TPSA) is 62.7 Å². The van der Waals surface area contributed by atoms with E-state index in [1.807, 2.05) is 0 Å². The first-order valence-electron chi connectivity index (χ1n) is 9.04. The summed E-state index contributed by atoms with van der Waals surface area (Å²) >= 11 is 0. The van der Waals surface area contributed by atoms with Crippen LogP contribution in [0.2, 0.25) is 0 Å². The molecule has 0 spiro atoms. The molecule has 1 heterocycles. The highest BCUT2D eigenvalue weighted by Crippen LogP contribution is 2.21. The predicted molar refractivity (Wildman–Crippen MR) is 98.8 cm³/mol. The maximum Gasteiger partial charge on any atom is 0.249 e. The zero-order valence-corrected chi connectivity index (χ0v) is 14.6. The Hall–Kier alpha value is -2.17. The summed E-state index contributed by atoms with van der Waals surface area (Å²) in [5, 5.41) is 14.9. The predicted octanol–water partition coefficient (Wildman–Crippen LogP) is 4.87. The second-order valence-electron chi connectivity index (χ2n) is 6.90. The number of nitrogens with zero attached hydrogens (tertiary/aromatic N) is 3. The van der Waals surface area contributed by atoms with E-state index in [-0.39, 0.29) is 0 Å². The summed E-state index contributed by atoms with van der Waals surface area (Å²) in [4.78, 5) is 4.55. The monoisotopic (exact) mass is 325 g/mol. The molecule has 5 heteroatoms. The fraction of sp³-hybridized carbons (Fsp3) is 0.526. The van der Waals surface area contributed by atoms with E-state index >= 15 is 0 Å². The Bertz CT molecular complexity index is 630. The van der Waals surface area contributed by atoms with Gasteiger partial charge in [0.1, 0.15) is 0 Å². The third kappa shape index (κ3) is 4.66. The third-order valence-electron chi connectivity index (χ3n) is 4.60. The number of hydrogen-bond donors (Lipinski definition) is 2. The standard InChI is InChI=1S/C19H27N5/c1-14(2)15-9-11-17(12-10-15)22-19-23-18(13-20-24-19)21-16-7-5-3-4-6-8-16/h9-14,16H,3-8H2,1-2H3,(H2,21,22,23,24). The quantitative estimate of drug-likeness (QED) is 0.768. The highest BCUT2D eigenvalue weighted by Gasteiger charge is 2.13. The van der Waals surface area contributed by atoms with Crippen LogP contribution in [0, 0.1) is 0 Å². The summed E-state index contributed by atoms with van der Waals surface area (Å²) in [6.07, 6.45) is 9.41. The highest BCUT2D eigenvalue weighted by atomic mass is 15.3. The lowest BCUT2D eigenvalue weighted by Crippen LogP contribution is -2.19. The van der Waals surface area contributed by atoms with Crippen molar-refractivity contribution in [1.29, 1.82) is 0 Å². The van der Waals surface area contributed by atoms with Crippen LogP contribution in [-0.2, 0) is 0 Å². The van der Waals surface area contributed by atoms with E-state index in [1.54, 1.807) is 6.20 Å². The van der Waals surface area contributed by atoms with Gasteiger partial charge in [-0.05, 0) is 36.5 Å². The van der Waals surface area contributed by atoms with Gasteiger partial charge in [-0.1, -0.05) is 51.7 Å². The average Bonchev–Trinajstić information content (AvgIpc) is 2.84. The Morgan fingerprint density at radius 3 is 2.38 bits per heavy atom. The van der Waals surface area contributed by atoms with Crippen LogP contribution in [0.4, 0.5) is 17.5 Å². The first-order valence-corrected chi connectivity index (χ1v) is 9.04. The van der Waals surface area contributed by atoms with E-state index in [2.05, 4.69) is 63.9 Å². The van der Waals surface area contributed by atoms with Crippen molar-refractivity contribution in [2.45, 2.75) is 64.3 Å². The van der Waals surface area contributed by atoms with Crippen molar-refractivity contribution < 1.29 is 0 Å². The van der Waals surface area contributed by atoms with Gasteiger partial charge in [0.05, 0.1) is 6.20 Å². The molecule has 1 saturated carbocycles. The molecule has 0 unspecified atom stereocenters. The highest BCUT2D eigenvalue weighted by molar-refractivity contribution is 5.54. The molecule has 1 aromatic heterocycles. The molecule has 0 bridgehead atoms. The molecule has 1 aromatic carbocycles. The van der Waals surface area contributed by atoms with Gasteiger partial charge in [0.15, 0.2) is 5.82 Å². The van der Waals surface area contributed by atoms with Crippen molar-refractivity contribution in [3.63, 3.8) is 0 Å². The van der Waals surface area contributed by atoms with E-state index in [0.717, 1.165) is 11.5 Å². The van der Waals surface area contributed by atoms with Gasteiger partial charge in [0.25, 0.3) is 0 Å². The molecule has 128 valence electrons. The molecule has 0 aliphatic heterocycles. The number of hydrogen-bond acceptors (Lipinski definition) is 5. The molecule has 5 nitrogen and oxygen atoms in total. The Labute approximate surface area is 144 Å². The summed E-state index contributed by atoms with van der Waals surface area (Å²) in [6, 6.07) is 8.89. The van der Waals surface area contributed by atoms with Crippen LogP contribution < -0.4 is 10.6 Å². The van der Waals surface area contributed by atoms with Gasteiger partial charge in [0.2, 0.25) is 5.95 Å². The molecule has 24 heavy (non-hydrogen) atoms. The van der Waals surface area contributed by atoms with E-state index < -0.39 is 0 Å². The molecule has 1 fully saturated rings. The number of benzene rings is 1. The SMILES string of the molecule is CC(C)c1ccc(Nc2nncc(NC3CCCCCC3)n2)cc1. The van der Waals surface area contributed by atoms with E-state index in [4.69, 9.17) is 0 Å². The lowest BCUT2D eigenvalue weighted by atomic mass is 10.0. The molecule has 0 radical (unpaired) electrons. The zero-order valence-electron chi connectivity index (χ0n) is 14.6. The number of nitrogens with one attached hydrogen (secondary N) is 2. The van der Waals surface area contributed by atoms with Gasteiger partial charge in [-0.15, -0.1) is 5.10 Å². The Kier molecular flexibility index (Phi) is 5.62. The maximum atomic E-state index is 4.55. The Balaban J connectivity index is 1.64. The molecule has 1 aliphatic rings. The number of rotatable bonds is 5. The molecule has 0 amide bonds. The van der Waals surface area contributed by atoms with Crippen LogP contribution in [0.5, 0.6) is 0 Å². The summed E-state index contributed by atoms with van der Waals surface area (Å²) in [6.45, 7) is 4.39. The fourth-order valence-corrected chi connectivity index (χ4v) is 3.14. The van der Waals surface area contributed by atoms with Crippen LogP contribution in [0.15, 0.2) is 30.5 Å². The average molecular weight is 325 g/mol. The fourth-order valence-electron chi connectivity index (χ4n) is 3.14. The van der Waals surface area contributed by atoms with Crippen molar-refractivity contribution in [3.05, 3.63) is 36.0 Å². The van der Waals surface area contributed by atoms with Gasteiger partial charge in [-0.25, -0.2) is 0 Å². The number of aromatic nitrogens is 3. The van der Waals surface area contributed by atoms with Crippen molar-refractivity contribution in [2.75, 3.05) is 10.6 Å². The molecule has 2 aromatic rings. The minimum Gasteiger partial charge on any atom is -0.366 e. The van der Waals surface area contributed by atoms with Gasteiger partial charge in [0, 0.05) is 11.7 Å². The van der Waals surface area contributed by atoms with E-state index in [9.17, 15) is 0 Å². The lowest BCUT2D eigenvalue weighted by Gasteiger charge is -2.16. The molecule has 2 N–H and O–H groups in total. The van der Waals surface area contributed by atoms with Crippen molar-refractivity contribution in [1.82, 2.24) is 15.2 Å².